The number of hydrogen-bond donors (Lipinski definition) is 1. The minimum atomic E-state index is 0.950. The van der Waals surface area contributed by atoms with Crippen molar-refractivity contribution in [1.82, 2.24) is 10.2 Å². The zero-order chi connectivity index (χ0) is 12.1. The van der Waals surface area contributed by atoms with Gasteiger partial charge in [-0.1, -0.05) is 15.9 Å². The average molecular weight is 409 g/mol. The molecule has 0 radical (unpaired) electrons. The molecule has 0 aromatic heterocycles. The van der Waals surface area contributed by atoms with Crippen molar-refractivity contribution in [3.8, 4) is 0 Å². The molecule has 1 saturated heterocycles. The molecule has 0 spiro atoms. The van der Waals surface area contributed by atoms with Crippen LogP contribution in [0.3, 0.4) is 0 Å². The summed E-state index contributed by atoms with van der Waals surface area (Å²) >= 11 is 5.95. The summed E-state index contributed by atoms with van der Waals surface area (Å²) in [5, 5.41) is 3.52. The molecule has 0 amide bonds. The van der Waals surface area contributed by atoms with Gasteiger partial charge in [-0.2, -0.15) is 0 Å². The van der Waals surface area contributed by atoms with Crippen LogP contribution in [0.15, 0.2) is 22.7 Å². The van der Waals surface area contributed by atoms with Crippen molar-refractivity contribution in [2.24, 2.45) is 0 Å². The monoisotopic (exact) mass is 408 g/mol. The van der Waals surface area contributed by atoms with Crippen molar-refractivity contribution >= 4 is 38.5 Å². The van der Waals surface area contributed by atoms with E-state index in [0.29, 0.717) is 0 Å². The predicted octanol–water partition coefficient (Wildman–Crippen LogP) is 3.24. The van der Waals surface area contributed by atoms with Gasteiger partial charge in [0.25, 0.3) is 0 Å². The van der Waals surface area contributed by atoms with Crippen molar-refractivity contribution in [2.75, 3.05) is 26.2 Å². The number of hydrogen-bond acceptors (Lipinski definition) is 2. The maximum absolute atomic E-state index is 3.60. The molecule has 17 heavy (non-hydrogen) atoms. The van der Waals surface area contributed by atoms with Crippen molar-refractivity contribution < 1.29 is 0 Å². The lowest BCUT2D eigenvalue weighted by molar-refractivity contribution is 0.335. The summed E-state index contributed by atoms with van der Waals surface area (Å²) < 4.78 is 2.49. The Morgan fingerprint density at radius 1 is 1.29 bits per heavy atom. The zero-order valence-electron chi connectivity index (χ0n) is 9.88. The Morgan fingerprint density at radius 2 is 2.06 bits per heavy atom. The van der Waals surface area contributed by atoms with Crippen molar-refractivity contribution in [3.05, 3.63) is 31.8 Å². The van der Waals surface area contributed by atoms with Crippen LogP contribution in [0.25, 0.3) is 0 Å². The fourth-order valence-electron chi connectivity index (χ4n) is 2.15. The smallest absolute Gasteiger partial charge is 0.0220 e. The van der Waals surface area contributed by atoms with Gasteiger partial charge in [0.1, 0.15) is 0 Å². The van der Waals surface area contributed by atoms with E-state index in [1.165, 1.54) is 46.1 Å². The topological polar surface area (TPSA) is 15.3 Å². The summed E-state index contributed by atoms with van der Waals surface area (Å²) in [7, 11) is 0. The van der Waals surface area contributed by atoms with Gasteiger partial charge in [0.15, 0.2) is 0 Å². The number of rotatable bonds is 5. The molecular formula is C13H18BrIN2. The van der Waals surface area contributed by atoms with E-state index in [-0.39, 0.29) is 0 Å². The van der Waals surface area contributed by atoms with E-state index in [2.05, 4.69) is 66.9 Å². The molecule has 1 fully saturated rings. The van der Waals surface area contributed by atoms with Crippen LogP contribution >= 0.6 is 38.5 Å². The minimum Gasteiger partial charge on any atom is -0.311 e. The molecule has 4 heteroatoms. The summed E-state index contributed by atoms with van der Waals surface area (Å²) in [6.07, 6.45) is 2.75. The second-order valence-electron chi connectivity index (χ2n) is 4.46. The van der Waals surface area contributed by atoms with Gasteiger partial charge in [0.2, 0.25) is 0 Å². The molecule has 2 nitrogen and oxygen atoms in total. The lowest BCUT2D eigenvalue weighted by Crippen LogP contribution is -2.29. The summed E-state index contributed by atoms with van der Waals surface area (Å²) in [5.41, 5.74) is 1.35. The van der Waals surface area contributed by atoms with Crippen LogP contribution in [0.5, 0.6) is 0 Å². The Kier molecular flexibility index (Phi) is 5.72. The normalized spacial score (nSPS) is 16.6. The number of benzene rings is 1. The molecule has 1 aliphatic rings. The van der Waals surface area contributed by atoms with Crippen LogP contribution in [-0.2, 0) is 6.54 Å². The van der Waals surface area contributed by atoms with Crippen LogP contribution in [0.1, 0.15) is 18.4 Å². The van der Waals surface area contributed by atoms with E-state index in [1.807, 2.05) is 0 Å². The second kappa shape index (κ2) is 7.07. The molecule has 1 aromatic rings. The van der Waals surface area contributed by atoms with Gasteiger partial charge in [0.05, 0.1) is 0 Å². The Morgan fingerprint density at radius 3 is 2.82 bits per heavy atom. The Hall–Kier alpha value is 0.350. The highest BCUT2D eigenvalue weighted by Crippen LogP contribution is 2.19. The summed E-state index contributed by atoms with van der Waals surface area (Å²) in [6, 6.07) is 6.48. The van der Waals surface area contributed by atoms with Gasteiger partial charge in [0, 0.05) is 27.7 Å². The fraction of sp³-hybridized carbons (Fsp3) is 0.538. The number of nitrogens with zero attached hydrogens (tertiary/aromatic N) is 1. The number of likely N-dealkylation sites (tertiary alicyclic amines) is 1. The third-order valence-corrected chi connectivity index (χ3v) is 4.57. The quantitative estimate of drug-likeness (QED) is 0.594. The Balaban J connectivity index is 1.72. The van der Waals surface area contributed by atoms with E-state index < -0.39 is 0 Å². The maximum atomic E-state index is 3.60. The highest BCUT2D eigenvalue weighted by atomic mass is 127. The first kappa shape index (κ1) is 13.8. The molecule has 1 heterocycles. The van der Waals surface area contributed by atoms with Crippen molar-refractivity contribution in [2.45, 2.75) is 19.4 Å². The first-order valence-electron chi connectivity index (χ1n) is 6.13. The van der Waals surface area contributed by atoms with E-state index in [1.54, 1.807) is 0 Å². The molecule has 0 aliphatic carbocycles. The lowest BCUT2D eigenvalue weighted by atomic mass is 10.2. The SMILES string of the molecule is Brc1ccc(I)cc1CNCCN1CCCC1. The van der Waals surface area contributed by atoms with Gasteiger partial charge in [-0.3, -0.25) is 0 Å². The molecular weight excluding hydrogens is 391 g/mol. The van der Waals surface area contributed by atoms with Crippen molar-refractivity contribution in [1.29, 1.82) is 0 Å². The van der Waals surface area contributed by atoms with Crippen LogP contribution in [0.4, 0.5) is 0 Å². The third kappa shape index (κ3) is 4.50. The molecule has 1 N–H and O–H groups in total. The molecule has 0 atom stereocenters. The van der Waals surface area contributed by atoms with Crippen LogP contribution in [-0.4, -0.2) is 31.1 Å². The highest BCUT2D eigenvalue weighted by molar-refractivity contribution is 14.1. The Bertz CT molecular complexity index is 364. The van der Waals surface area contributed by atoms with Gasteiger partial charge in [-0.15, -0.1) is 0 Å². The second-order valence-corrected chi connectivity index (χ2v) is 6.56. The standard InChI is InChI=1S/C13H18BrIN2/c14-13-4-3-12(15)9-11(13)10-16-5-8-17-6-1-2-7-17/h3-4,9,16H,1-2,5-8,10H2. The van der Waals surface area contributed by atoms with Gasteiger partial charge in [-0.25, -0.2) is 0 Å². The fourth-order valence-corrected chi connectivity index (χ4v) is 3.09. The molecule has 1 aromatic carbocycles. The number of halogens is 2. The van der Waals surface area contributed by atoms with Crippen molar-refractivity contribution in [3.63, 3.8) is 0 Å². The number of nitrogens with one attached hydrogen (secondary N) is 1. The molecule has 1 aliphatic heterocycles. The van der Waals surface area contributed by atoms with E-state index in [0.717, 1.165) is 13.1 Å². The maximum Gasteiger partial charge on any atom is 0.0220 e. The summed E-state index contributed by atoms with van der Waals surface area (Å²) in [5.74, 6) is 0. The Labute approximate surface area is 125 Å². The molecule has 2 rings (SSSR count). The first-order valence-corrected chi connectivity index (χ1v) is 8.00. The summed E-state index contributed by atoms with van der Waals surface area (Å²) in [6.45, 7) is 5.79. The lowest BCUT2D eigenvalue weighted by Gasteiger charge is -2.15. The minimum absolute atomic E-state index is 0.950. The van der Waals surface area contributed by atoms with Crippen LogP contribution in [0.2, 0.25) is 0 Å². The molecule has 0 bridgehead atoms. The largest absolute Gasteiger partial charge is 0.311 e. The molecule has 94 valence electrons. The van der Waals surface area contributed by atoms with E-state index >= 15 is 0 Å². The highest BCUT2D eigenvalue weighted by Gasteiger charge is 2.10. The van der Waals surface area contributed by atoms with Gasteiger partial charge >= 0.3 is 0 Å². The molecule has 0 saturated carbocycles. The first-order chi connectivity index (χ1) is 8.25. The van der Waals surface area contributed by atoms with E-state index in [9.17, 15) is 0 Å². The summed E-state index contributed by atoms with van der Waals surface area (Å²) in [4.78, 5) is 2.54. The molecule has 0 unspecified atom stereocenters. The van der Waals surface area contributed by atoms with E-state index in [4.69, 9.17) is 0 Å². The van der Waals surface area contributed by atoms with Gasteiger partial charge in [-0.05, 0) is 72.3 Å². The van der Waals surface area contributed by atoms with Crippen LogP contribution < -0.4 is 5.32 Å². The van der Waals surface area contributed by atoms with Gasteiger partial charge < -0.3 is 10.2 Å². The third-order valence-electron chi connectivity index (χ3n) is 3.13. The average Bonchev–Trinajstić information content (AvgIpc) is 2.82. The predicted molar refractivity (Wildman–Crippen MR) is 84.2 cm³/mol. The zero-order valence-corrected chi connectivity index (χ0v) is 13.6. The van der Waals surface area contributed by atoms with Crippen LogP contribution in [0, 0.1) is 3.57 Å².